The number of hydrogen-bond donors (Lipinski definition) is 2. The van der Waals surface area contributed by atoms with Crippen molar-refractivity contribution in [1.29, 1.82) is 0 Å². The highest BCUT2D eigenvalue weighted by Crippen LogP contribution is 2.18. The highest BCUT2D eigenvalue weighted by Gasteiger charge is 2.13. The minimum absolute atomic E-state index is 0.200. The van der Waals surface area contributed by atoms with Crippen molar-refractivity contribution in [3.05, 3.63) is 35.4 Å². The molecule has 0 aliphatic heterocycles. The lowest BCUT2D eigenvalue weighted by molar-refractivity contribution is 0.226. The fourth-order valence-electron chi connectivity index (χ4n) is 1.83. The number of benzene rings is 1. The van der Waals surface area contributed by atoms with Gasteiger partial charge in [-0.1, -0.05) is 43.7 Å². The van der Waals surface area contributed by atoms with Gasteiger partial charge in [0, 0.05) is 12.1 Å². The van der Waals surface area contributed by atoms with Gasteiger partial charge in [0.2, 0.25) is 0 Å². The van der Waals surface area contributed by atoms with Crippen LogP contribution in [0.15, 0.2) is 24.3 Å². The summed E-state index contributed by atoms with van der Waals surface area (Å²) in [5, 5.41) is 12.7. The molecule has 0 radical (unpaired) electrons. The average molecular weight is 221 g/mol. The Morgan fingerprint density at radius 3 is 2.19 bits per heavy atom. The fourth-order valence-corrected chi connectivity index (χ4v) is 1.83. The number of hydrogen-bond acceptors (Lipinski definition) is 2. The molecule has 0 saturated carbocycles. The molecule has 0 bridgehead atoms. The maximum Gasteiger partial charge on any atom is 0.0584 e. The second kappa shape index (κ2) is 6.66. The topological polar surface area (TPSA) is 32.3 Å². The molecule has 0 saturated heterocycles. The van der Waals surface area contributed by atoms with Crippen LogP contribution in [0.25, 0.3) is 0 Å². The van der Waals surface area contributed by atoms with Crippen molar-refractivity contribution in [2.24, 2.45) is 0 Å². The molecule has 0 heterocycles. The lowest BCUT2D eigenvalue weighted by Crippen LogP contribution is -2.34. The fraction of sp³-hybridized carbons (Fsp3) is 0.571. The molecule has 0 aliphatic carbocycles. The van der Waals surface area contributed by atoms with Crippen molar-refractivity contribution >= 4 is 0 Å². The van der Waals surface area contributed by atoms with Gasteiger partial charge in [-0.2, -0.15) is 0 Å². The Morgan fingerprint density at radius 1 is 1.12 bits per heavy atom. The van der Waals surface area contributed by atoms with E-state index in [1.54, 1.807) is 0 Å². The van der Waals surface area contributed by atoms with E-state index < -0.39 is 0 Å². The molecule has 0 aliphatic rings. The van der Waals surface area contributed by atoms with Crippen LogP contribution in [0.5, 0.6) is 0 Å². The third kappa shape index (κ3) is 3.62. The van der Waals surface area contributed by atoms with E-state index in [2.05, 4.69) is 50.4 Å². The van der Waals surface area contributed by atoms with Crippen LogP contribution in [0.4, 0.5) is 0 Å². The van der Waals surface area contributed by atoms with Crippen molar-refractivity contribution < 1.29 is 5.11 Å². The lowest BCUT2D eigenvalue weighted by atomic mass is 10.0. The smallest absolute Gasteiger partial charge is 0.0584 e. The number of nitrogens with one attached hydrogen (secondary N) is 1. The first-order chi connectivity index (χ1) is 7.71. The molecule has 16 heavy (non-hydrogen) atoms. The highest BCUT2D eigenvalue weighted by molar-refractivity contribution is 5.24. The molecular formula is C14H23NO. The third-order valence-corrected chi connectivity index (χ3v) is 3.04. The van der Waals surface area contributed by atoms with Crippen molar-refractivity contribution in [2.75, 3.05) is 6.61 Å². The lowest BCUT2D eigenvalue weighted by Gasteiger charge is -2.23. The number of aliphatic hydroxyl groups is 1. The molecule has 0 amide bonds. The molecule has 2 heteroatoms. The number of rotatable bonds is 6. The first kappa shape index (κ1) is 13.2. The molecule has 90 valence electrons. The van der Waals surface area contributed by atoms with E-state index in [0.29, 0.717) is 6.04 Å². The van der Waals surface area contributed by atoms with Crippen molar-refractivity contribution in [1.82, 2.24) is 5.32 Å². The minimum Gasteiger partial charge on any atom is -0.395 e. The Bertz CT molecular complexity index is 290. The molecule has 0 spiro atoms. The van der Waals surface area contributed by atoms with Gasteiger partial charge in [0.1, 0.15) is 0 Å². The first-order valence-corrected chi connectivity index (χ1v) is 6.14. The van der Waals surface area contributed by atoms with Crippen molar-refractivity contribution in [2.45, 2.75) is 45.7 Å². The summed E-state index contributed by atoms with van der Waals surface area (Å²) in [5.41, 5.74) is 2.59. The SMILES string of the molecule is CCC(CO)NC(CC)c1ccc(C)cc1. The summed E-state index contributed by atoms with van der Waals surface area (Å²) in [5.74, 6) is 0. The molecule has 0 fully saturated rings. The monoisotopic (exact) mass is 221 g/mol. The largest absolute Gasteiger partial charge is 0.395 e. The van der Waals surface area contributed by atoms with Gasteiger partial charge in [0.05, 0.1) is 6.61 Å². The molecule has 2 N–H and O–H groups in total. The Hall–Kier alpha value is -0.860. The van der Waals surface area contributed by atoms with E-state index in [1.807, 2.05) is 0 Å². The van der Waals surface area contributed by atoms with Crippen LogP contribution in [0.3, 0.4) is 0 Å². The standard InChI is InChI=1S/C14H23NO/c1-4-13(10-16)15-14(5-2)12-8-6-11(3)7-9-12/h6-9,13-16H,4-5,10H2,1-3H3. The molecule has 1 aromatic rings. The van der Waals surface area contributed by atoms with E-state index >= 15 is 0 Å². The normalized spacial score (nSPS) is 14.8. The van der Waals surface area contributed by atoms with Crippen LogP contribution < -0.4 is 5.32 Å². The predicted molar refractivity (Wildman–Crippen MR) is 68.5 cm³/mol. The van der Waals surface area contributed by atoms with Gasteiger partial charge in [0.15, 0.2) is 0 Å². The second-order valence-corrected chi connectivity index (χ2v) is 4.33. The third-order valence-electron chi connectivity index (χ3n) is 3.04. The van der Waals surface area contributed by atoms with Gasteiger partial charge in [0.25, 0.3) is 0 Å². The van der Waals surface area contributed by atoms with Crippen LogP contribution in [0.2, 0.25) is 0 Å². The first-order valence-electron chi connectivity index (χ1n) is 6.14. The average Bonchev–Trinajstić information content (AvgIpc) is 2.32. The van der Waals surface area contributed by atoms with Gasteiger partial charge >= 0.3 is 0 Å². The highest BCUT2D eigenvalue weighted by atomic mass is 16.3. The molecule has 2 atom stereocenters. The van der Waals surface area contributed by atoms with Gasteiger partial charge in [-0.15, -0.1) is 0 Å². The molecule has 1 rings (SSSR count). The summed E-state index contributed by atoms with van der Waals surface area (Å²) in [6.07, 6.45) is 2.00. The predicted octanol–water partition coefficient (Wildman–Crippen LogP) is 2.81. The zero-order valence-electron chi connectivity index (χ0n) is 10.5. The maximum absolute atomic E-state index is 9.20. The summed E-state index contributed by atoms with van der Waals surface area (Å²) >= 11 is 0. The zero-order valence-corrected chi connectivity index (χ0v) is 10.5. The van der Waals surface area contributed by atoms with E-state index in [9.17, 15) is 5.11 Å². The number of aryl methyl sites for hydroxylation is 1. The second-order valence-electron chi connectivity index (χ2n) is 4.33. The van der Waals surface area contributed by atoms with E-state index in [1.165, 1.54) is 11.1 Å². The van der Waals surface area contributed by atoms with Crippen molar-refractivity contribution in [3.8, 4) is 0 Å². The quantitative estimate of drug-likeness (QED) is 0.774. The Balaban J connectivity index is 2.70. The molecular weight excluding hydrogens is 198 g/mol. The Morgan fingerprint density at radius 2 is 1.75 bits per heavy atom. The van der Waals surface area contributed by atoms with Crippen LogP contribution in [0.1, 0.15) is 43.9 Å². The number of aliphatic hydroxyl groups excluding tert-OH is 1. The summed E-state index contributed by atoms with van der Waals surface area (Å²) < 4.78 is 0. The van der Waals surface area contributed by atoms with Crippen LogP contribution in [-0.2, 0) is 0 Å². The zero-order chi connectivity index (χ0) is 12.0. The van der Waals surface area contributed by atoms with Crippen molar-refractivity contribution in [3.63, 3.8) is 0 Å². The minimum atomic E-state index is 0.200. The summed E-state index contributed by atoms with van der Waals surface area (Å²) in [4.78, 5) is 0. The van der Waals surface area contributed by atoms with E-state index in [-0.39, 0.29) is 12.6 Å². The Labute approximate surface area is 98.7 Å². The molecule has 2 unspecified atom stereocenters. The van der Waals surface area contributed by atoms with E-state index in [4.69, 9.17) is 0 Å². The Kier molecular flexibility index (Phi) is 5.50. The van der Waals surface area contributed by atoms with Crippen LogP contribution in [0, 0.1) is 6.92 Å². The summed E-state index contributed by atoms with van der Waals surface area (Å²) in [6.45, 7) is 6.57. The summed E-state index contributed by atoms with van der Waals surface area (Å²) in [6, 6.07) is 9.16. The molecule has 1 aromatic carbocycles. The van der Waals surface area contributed by atoms with Crippen LogP contribution >= 0.6 is 0 Å². The molecule has 0 aromatic heterocycles. The van der Waals surface area contributed by atoms with Crippen LogP contribution in [-0.4, -0.2) is 17.8 Å². The molecule has 2 nitrogen and oxygen atoms in total. The maximum atomic E-state index is 9.20. The van der Waals surface area contributed by atoms with Gasteiger partial charge in [-0.25, -0.2) is 0 Å². The van der Waals surface area contributed by atoms with Gasteiger partial charge in [-0.05, 0) is 25.3 Å². The van der Waals surface area contributed by atoms with Gasteiger partial charge in [-0.3, -0.25) is 0 Å². The van der Waals surface area contributed by atoms with Gasteiger partial charge < -0.3 is 10.4 Å². The summed E-state index contributed by atoms with van der Waals surface area (Å²) in [7, 11) is 0. The van der Waals surface area contributed by atoms with E-state index in [0.717, 1.165) is 12.8 Å².